The second-order valence-electron chi connectivity index (χ2n) is 7.00. The van der Waals surface area contributed by atoms with Crippen molar-refractivity contribution in [2.24, 2.45) is 4.99 Å². The summed E-state index contributed by atoms with van der Waals surface area (Å²) in [7, 11) is 0. The fourth-order valence-electron chi connectivity index (χ4n) is 3.88. The van der Waals surface area contributed by atoms with Gasteiger partial charge in [0.1, 0.15) is 5.84 Å². The summed E-state index contributed by atoms with van der Waals surface area (Å²) in [6, 6.07) is 16.3. The number of pyridine rings is 1. The van der Waals surface area contributed by atoms with Crippen LogP contribution in [-0.4, -0.2) is 35.4 Å². The number of benzene rings is 2. The van der Waals surface area contributed by atoms with Crippen LogP contribution in [0.1, 0.15) is 12.0 Å². The Morgan fingerprint density at radius 1 is 1.07 bits per heavy atom. The highest BCUT2D eigenvalue weighted by molar-refractivity contribution is 6.13. The molecule has 2 aliphatic rings. The molecule has 0 bridgehead atoms. The minimum absolute atomic E-state index is 0.0781. The summed E-state index contributed by atoms with van der Waals surface area (Å²) in [5.41, 5.74) is 4.43. The number of aromatic amines is 1. The average molecular weight is 356 g/mol. The molecule has 0 saturated carbocycles. The van der Waals surface area contributed by atoms with E-state index in [-0.39, 0.29) is 5.56 Å². The molecule has 27 heavy (non-hydrogen) atoms. The first-order valence-electron chi connectivity index (χ1n) is 9.24. The lowest BCUT2D eigenvalue weighted by Gasteiger charge is -2.28. The first-order valence-corrected chi connectivity index (χ1v) is 9.24. The molecule has 134 valence electrons. The van der Waals surface area contributed by atoms with Crippen LogP contribution in [0.2, 0.25) is 0 Å². The molecule has 0 unspecified atom stereocenters. The van der Waals surface area contributed by atoms with E-state index in [0.29, 0.717) is 5.39 Å². The first-order chi connectivity index (χ1) is 13.3. The van der Waals surface area contributed by atoms with Crippen molar-refractivity contribution in [1.29, 1.82) is 0 Å². The van der Waals surface area contributed by atoms with Crippen LogP contribution in [0.3, 0.4) is 0 Å². The van der Waals surface area contributed by atoms with Gasteiger partial charge in [0.25, 0.3) is 5.56 Å². The second kappa shape index (κ2) is 6.52. The molecule has 0 saturated heterocycles. The quantitative estimate of drug-likeness (QED) is 0.751. The van der Waals surface area contributed by atoms with Crippen molar-refractivity contribution >= 4 is 33.6 Å². The highest BCUT2D eigenvalue weighted by atomic mass is 16.1. The Morgan fingerprint density at radius 2 is 1.96 bits per heavy atom. The van der Waals surface area contributed by atoms with Crippen LogP contribution in [0, 0.1) is 0 Å². The Bertz CT molecular complexity index is 1130. The molecule has 0 amide bonds. The predicted octanol–water partition coefficient (Wildman–Crippen LogP) is 3.77. The number of amidine groups is 1. The van der Waals surface area contributed by atoms with Crippen molar-refractivity contribution in [2.45, 2.75) is 6.42 Å². The van der Waals surface area contributed by atoms with Crippen LogP contribution in [0.15, 0.2) is 70.6 Å². The Labute approximate surface area is 157 Å². The number of aromatic nitrogens is 1. The lowest BCUT2D eigenvalue weighted by Crippen LogP contribution is -2.36. The molecule has 5 rings (SSSR count). The van der Waals surface area contributed by atoms with E-state index in [2.05, 4.69) is 51.6 Å². The molecule has 5 heteroatoms. The van der Waals surface area contributed by atoms with Gasteiger partial charge >= 0.3 is 0 Å². The summed E-state index contributed by atoms with van der Waals surface area (Å²) >= 11 is 0. The van der Waals surface area contributed by atoms with Gasteiger partial charge in [0, 0.05) is 24.7 Å². The van der Waals surface area contributed by atoms with Gasteiger partial charge < -0.3 is 10.3 Å². The zero-order valence-corrected chi connectivity index (χ0v) is 14.9. The molecule has 2 aromatic carbocycles. The zero-order chi connectivity index (χ0) is 18.2. The van der Waals surface area contributed by atoms with Crippen molar-refractivity contribution < 1.29 is 0 Å². The maximum absolute atomic E-state index is 12.0. The maximum Gasteiger partial charge on any atom is 0.256 e. The van der Waals surface area contributed by atoms with Gasteiger partial charge in [-0.15, -0.1) is 0 Å². The molecule has 0 fully saturated rings. The van der Waals surface area contributed by atoms with Crippen molar-refractivity contribution in [2.75, 3.05) is 25.0 Å². The number of nitrogens with one attached hydrogen (secondary N) is 2. The van der Waals surface area contributed by atoms with Crippen LogP contribution >= 0.6 is 0 Å². The fourth-order valence-corrected chi connectivity index (χ4v) is 3.88. The lowest BCUT2D eigenvalue weighted by atomic mass is 9.99. The third-order valence-corrected chi connectivity index (χ3v) is 5.25. The SMILES string of the molecule is O=c1[nH]cc2c3c(cccc13)N=C(CN1CC=C(c3ccccc3)CC1)N2. The molecular weight excluding hydrogens is 336 g/mol. The molecule has 3 aromatic rings. The van der Waals surface area contributed by atoms with E-state index in [1.54, 1.807) is 6.20 Å². The minimum Gasteiger partial charge on any atom is -0.341 e. The number of hydrogen-bond donors (Lipinski definition) is 2. The van der Waals surface area contributed by atoms with Gasteiger partial charge in [0.15, 0.2) is 0 Å². The number of anilines is 1. The number of hydrogen-bond acceptors (Lipinski definition) is 4. The number of aliphatic imine (C=N–C) groups is 1. The normalized spacial score (nSPS) is 16.6. The van der Waals surface area contributed by atoms with Crippen molar-refractivity contribution in [3.8, 4) is 0 Å². The maximum atomic E-state index is 12.0. The Balaban J connectivity index is 1.37. The average Bonchev–Trinajstić information content (AvgIpc) is 2.72. The van der Waals surface area contributed by atoms with E-state index in [0.717, 1.165) is 48.7 Å². The molecule has 3 heterocycles. The smallest absolute Gasteiger partial charge is 0.256 e. The van der Waals surface area contributed by atoms with Crippen LogP contribution in [0.5, 0.6) is 0 Å². The minimum atomic E-state index is -0.0781. The summed E-state index contributed by atoms with van der Waals surface area (Å²) in [6.45, 7) is 2.67. The van der Waals surface area contributed by atoms with Gasteiger partial charge in [-0.05, 0) is 29.7 Å². The largest absolute Gasteiger partial charge is 0.341 e. The molecule has 1 aromatic heterocycles. The topological polar surface area (TPSA) is 60.5 Å². The third kappa shape index (κ3) is 2.96. The van der Waals surface area contributed by atoms with Gasteiger partial charge in [-0.2, -0.15) is 0 Å². The van der Waals surface area contributed by atoms with Gasteiger partial charge in [-0.3, -0.25) is 9.69 Å². The lowest BCUT2D eigenvalue weighted by molar-refractivity contribution is 0.344. The number of H-pyrrole nitrogens is 1. The molecule has 0 radical (unpaired) electrons. The first kappa shape index (κ1) is 16.0. The van der Waals surface area contributed by atoms with E-state index < -0.39 is 0 Å². The van der Waals surface area contributed by atoms with Gasteiger partial charge in [0.2, 0.25) is 0 Å². The van der Waals surface area contributed by atoms with Crippen LogP contribution in [0.4, 0.5) is 11.4 Å². The second-order valence-corrected chi connectivity index (χ2v) is 7.00. The molecular formula is C22H20N4O. The van der Waals surface area contributed by atoms with Crippen LogP contribution in [0.25, 0.3) is 16.3 Å². The number of rotatable bonds is 3. The highest BCUT2D eigenvalue weighted by Crippen LogP contribution is 2.33. The molecule has 0 aliphatic carbocycles. The standard InChI is InChI=1S/C22H20N4O/c27-22-17-7-4-8-18-21(17)19(13-23-22)25-20(24-18)14-26-11-9-16(10-12-26)15-5-2-1-3-6-15/h1-9,13H,10-12,14H2,(H,23,27)(H,24,25). The van der Waals surface area contributed by atoms with Crippen molar-refractivity contribution in [3.63, 3.8) is 0 Å². The molecule has 0 atom stereocenters. The Morgan fingerprint density at radius 3 is 2.78 bits per heavy atom. The van der Waals surface area contributed by atoms with Gasteiger partial charge in [-0.25, -0.2) is 4.99 Å². The number of nitrogens with zero attached hydrogens (tertiary/aromatic N) is 2. The zero-order valence-electron chi connectivity index (χ0n) is 14.9. The van der Waals surface area contributed by atoms with Crippen molar-refractivity contribution in [1.82, 2.24) is 9.88 Å². The third-order valence-electron chi connectivity index (χ3n) is 5.25. The van der Waals surface area contributed by atoms with Crippen molar-refractivity contribution in [3.05, 3.63) is 76.7 Å². The van der Waals surface area contributed by atoms with E-state index >= 15 is 0 Å². The van der Waals surface area contributed by atoms with Gasteiger partial charge in [-0.1, -0.05) is 42.5 Å². The Kier molecular flexibility index (Phi) is 3.87. The molecule has 2 N–H and O–H groups in total. The monoisotopic (exact) mass is 356 g/mol. The van der Waals surface area contributed by atoms with Crippen LogP contribution < -0.4 is 10.9 Å². The van der Waals surface area contributed by atoms with Gasteiger partial charge in [0.05, 0.1) is 23.3 Å². The summed E-state index contributed by atoms with van der Waals surface area (Å²) in [5.74, 6) is 0.915. The fraction of sp³-hybridized carbons (Fsp3) is 0.182. The predicted molar refractivity (Wildman–Crippen MR) is 111 cm³/mol. The molecule has 5 nitrogen and oxygen atoms in total. The summed E-state index contributed by atoms with van der Waals surface area (Å²) in [5, 5.41) is 4.97. The van der Waals surface area contributed by atoms with E-state index in [4.69, 9.17) is 4.99 Å². The summed E-state index contributed by atoms with van der Waals surface area (Å²) in [4.78, 5) is 22.0. The Hall–Kier alpha value is -3.18. The molecule has 2 aliphatic heterocycles. The summed E-state index contributed by atoms with van der Waals surface area (Å²) in [6.07, 6.45) is 5.09. The van der Waals surface area contributed by atoms with Crippen LogP contribution in [-0.2, 0) is 0 Å². The highest BCUT2D eigenvalue weighted by Gasteiger charge is 2.19. The van der Waals surface area contributed by atoms with E-state index in [9.17, 15) is 4.79 Å². The summed E-state index contributed by atoms with van der Waals surface area (Å²) < 4.78 is 0. The van der Waals surface area contributed by atoms with E-state index in [1.807, 2.05) is 18.2 Å². The van der Waals surface area contributed by atoms with E-state index in [1.165, 1.54) is 11.1 Å². The molecule has 0 spiro atoms.